The zero-order valence-corrected chi connectivity index (χ0v) is 22.5. The Morgan fingerprint density at radius 1 is 0.400 bits per heavy atom. The zero-order valence-electron chi connectivity index (χ0n) is 22.5. The molecule has 0 bridgehead atoms. The minimum absolute atomic E-state index is 0.0406. The van der Waals surface area contributed by atoms with E-state index in [0.29, 0.717) is 79.3 Å². The third kappa shape index (κ3) is 29.8. The van der Waals surface area contributed by atoms with Gasteiger partial charge in [-0.1, -0.05) is 51.9 Å². The van der Waals surface area contributed by atoms with Crippen LogP contribution in [-0.2, 0) is 28.4 Å². The number of nitrogens with zero attached hydrogens (tertiary/aromatic N) is 1. The minimum Gasteiger partial charge on any atom is -0.394 e. The van der Waals surface area contributed by atoms with E-state index in [1.807, 2.05) is 0 Å². The predicted molar refractivity (Wildman–Crippen MR) is 138 cm³/mol. The van der Waals surface area contributed by atoms with Crippen LogP contribution in [0.1, 0.15) is 58.3 Å². The van der Waals surface area contributed by atoms with E-state index in [-0.39, 0.29) is 13.2 Å². The first kappa shape index (κ1) is 34.6. The Kier molecular flexibility index (Phi) is 31.3. The van der Waals surface area contributed by atoms with Crippen LogP contribution < -0.4 is 0 Å². The fourth-order valence-electron chi connectivity index (χ4n) is 3.40. The quantitative estimate of drug-likeness (QED) is 0.137. The number of unbranched alkanes of at least 4 members (excludes halogenated alkanes) is 7. The summed E-state index contributed by atoms with van der Waals surface area (Å²) in [5.74, 6) is 0. The lowest BCUT2D eigenvalue weighted by Crippen LogP contribution is -2.32. The zero-order chi connectivity index (χ0) is 25.5. The van der Waals surface area contributed by atoms with Crippen molar-refractivity contribution in [2.45, 2.75) is 58.3 Å². The van der Waals surface area contributed by atoms with Gasteiger partial charge < -0.3 is 38.6 Å². The third-order valence-electron chi connectivity index (χ3n) is 5.39. The molecule has 0 radical (unpaired) electrons. The van der Waals surface area contributed by atoms with Gasteiger partial charge in [-0.25, -0.2) is 0 Å². The van der Waals surface area contributed by atoms with Crippen molar-refractivity contribution in [1.82, 2.24) is 4.90 Å². The summed E-state index contributed by atoms with van der Waals surface area (Å²) in [5.41, 5.74) is 0. The largest absolute Gasteiger partial charge is 0.394 e. The lowest BCUT2D eigenvalue weighted by molar-refractivity contribution is -0.00217. The van der Waals surface area contributed by atoms with Gasteiger partial charge in [0.05, 0.1) is 92.5 Å². The highest BCUT2D eigenvalue weighted by Crippen LogP contribution is 2.09. The highest BCUT2D eigenvalue weighted by molar-refractivity contribution is 4.58. The van der Waals surface area contributed by atoms with Crippen molar-refractivity contribution in [1.29, 1.82) is 0 Å². The molecule has 0 saturated carbocycles. The molecule has 0 aliphatic rings. The number of hydrogen-bond donors (Lipinski definition) is 2. The van der Waals surface area contributed by atoms with Gasteiger partial charge in [0.25, 0.3) is 0 Å². The van der Waals surface area contributed by atoms with Gasteiger partial charge in [-0.3, -0.25) is 4.90 Å². The van der Waals surface area contributed by atoms with Gasteiger partial charge in [0, 0.05) is 13.1 Å². The van der Waals surface area contributed by atoms with E-state index in [1.165, 1.54) is 51.4 Å². The lowest BCUT2D eigenvalue weighted by Gasteiger charge is -2.22. The van der Waals surface area contributed by atoms with E-state index in [1.54, 1.807) is 0 Å². The van der Waals surface area contributed by atoms with E-state index in [0.717, 1.165) is 19.6 Å². The molecule has 0 aliphatic carbocycles. The molecule has 0 saturated heterocycles. The summed E-state index contributed by atoms with van der Waals surface area (Å²) < 4.78 is 32.7. The van der Waals surface area contributed by atoms with E-state index in [2.05, 4.69) is 11.8 Å². The monoisotopic (exact) mass is 509 g/mol. The van der Waals surface area contributed by atoms with Crippen molar-refractivity contribution >= 4 is 0 Å². The second-order valence-electron chi connectivity index (χ2n) is 8.44. The molecule has 0 heterocycles. The highest BCUT2D eigenvalue weighted by Gasteiger charge is 2.05. The van der Waals surface area contributed by atoms with E-state index in [9.17, 15) is 0 Å². The molecule has 0 aromatic heterocycles. The average Bonchev–Trinajstić information content (AvgIpc) is 2.87. The SMILES string of the molecule is CCCCCCCCCCN(CCOCCOCCOCCO)CCOCCOCCOCCO. The Balaban J connectivity index is 3.84. The van der Waals surface area contributed by atoms with Crippen LogP contribution in [0.2, 0.25) is 0 Å². The molecule has 0 fully saturated rings. The van der Waals surface area contributed by atoms with E-state index in [4.69, 9.17) is 38.6 Å². The molecule has 0 atom stereocenters. The molecule has 0 amide bonds. The molecule has 0 spiro atoms. The van der Waals surface area contributed by atoms with Gasteiger partial charge in [-0.2, -0.15) is 0 Å². The summed E-state index contributed by atoms with van der Waals surface area (Å²) in [6.07, 6.45) is 10.6. The highest BCUT2D eigenvalue weighted by atomic mass is 16.6. The molecule has 212 valence electrons. The molecule has 9 heteroatoms. The maximum atomic E-state index is 8.65. The molecule has 0 aromatic rings. The first-order valence-electron chi connectivity index (χ1n) is 13.8. The second-order valence-corrected chi connectivity index (χ2v) is 8.44. The molecule has 35 heavy (non-hydrogen) atoms. The topological polar surface area (TPSA) is 99.1 Å². The Morgan fingerprint density at radius 2 is 0.743 bits per heavy atom. The number of rotatable bonds is 31. The van der Waals surface area contributed by atoms with Gasteiger partial charge in [0.2, 0.25) is 0 Å². The van der Waals surface area contributed by atoms with Crippen LogP contribution in [0.3, 0.4) is 0 Å². The fraction of sp³-hybridized carbons (Fsp3) is 1.00. The number of aliphatic hydroxyl groups is 2. The molecule has 9 nitrogen and oxygen atoms in total. The van der Waals surface area contributed by atoms with Crippen molar-refractivity contribution in [2.75, 3.05) is 112 Å². The minimum atomic E-state index is 0.0406. The number of ether oxygens (including phenoxy) is 6. The Morgan fingerprint density at radius 3 is 1.14 bits per heavy atom. The number of aliphatic hydroxyl groups excluding tert-OH is 2. The van der Waals surface area contributed by atoms with Crippen molar-refractivity contribution in [3.63, 3.8) is 0 Å². The van der Waals surface area contributed by atoms with Gasteiger partial charge >= 0.3 is 0 Å². The van der Waals surface area contributed by atoms with Crippen molar-refractivity contribution in [3.05, 3.63) is 0 Å². The van der Waals surface area contributed by atoms with Crippen LogP contribution in [-0.4, -0.2) is 127 Å². The summed E-state index contributed by atoms with van der Waals surface area (Å²) in [4.78, 5) is 2.42. The Labute approximate surface area is 214 Å². The van der Waals surface area contributed by atoms with Crippen molar-refractivity contribution < 1.29 is 38.6 Å². The summed E-state index contributed by atoms with van der Waals surface area (Å²) >= 11 is 0. The Hall–Kier alpha value is -0.360. The Bertz CT molecular complexity index is 355. The molecule has 0 aliphatic heterocycles. The summed E-state index contributed by atoms with van der Waals surface area (Å²) in [7, 11) is 0. The van der Waals surface area contributed by atoms with Crippen LogP contribution >= 0.6 is 0 Å². The first-order valence-corrected chi connectivity index (χ1v) is 13.8. The van der Waals surface area contributed by atoms with Crippen LogP contribution in [0.4, 0.5) is 0 Å². The molecule has 0 unspecified atom stereocenters. The molecule has 0 aromatic carbocycles. The van der Waals surface area contributed by atoms with E-state index >= 15 is 0 Å². The smallest absolute Gasteiger partial charge is 0.0701 e. The van der Waals surface area contributed by atoms with Gasteiger partial charge in [0.15, 0.2) is 0 Å². The summed E-state index contributed by atoms with van der Waals surface area (Å²) in [5, 5.41) is 17.3. The first-order chi connectivity index (χ1) is 17.3. The van der Waals surface area contributed by atoms with Crippen molar-refractivity contribution in [3.8, 4) is 0 Å². The van der Waals surface area contributed by atoms with Crippen LogP contribution in [0.15, 0.2) is 0 Å². The van der Waals surface area contributed by atoms with Gasteiger partial charge in [-0.05, 0) is 13.0 Å². The van der Waals surface area contributed by atoms with Gasteiger partial charge in [0.1, 0.15) is 0 Å². The average molecular weight is 510 g/mol. The third-order valence-corrected chi connectivity index (χ3v) is 5.39. The summed E-state index contributed by atoms with van der Waals surface area (Å²) in [6, 6.07) is 0. The molecule has 0 rings (SSSR count). The fourth-order valence-corrected chi connectivity index (χ4v) is 3.40. The molecular weight excluding hydrogens is 454 g/mol. The number of hydrogen-bond acceptors (Lipinski definition) is 9. The van der Waals surface area contributed by atoms with Crippen molar-refractivity contribution in [2.24, 2.45) is 0 Å². The maximum Gasteiger partial charge on any atom is 0.0701 e. The summed E-state index contributed by atoms with van der Waals surface area (Å²) in [6.45, 7) is 11.5. The van der Waals surface area contributed by atoms with Crippen LogP contribution in [0.5, 0.6) is 0 Å². The second kappa shape index (κ2) is 31.7. The lowest BCUT2D eigenvalue weighted by atomic mass is 10.1. The van der Waals surface area contributed by atoms with E-state index < -0.39 is 0 Å². The van der Waals surface area contributed by atoms with Crippen LogP contribution in [0.25, 0.3) is 0 Å². The van der Waals surface area contributed by atoms with Crippen LogP contribution in [0, 0.1) is 0 Å². The predicted octanol–water partition coefficient (Wildman–Crippen LogP) is 2.51. The molecular formula is C26H55NO8. The maximum absolute atomic E-state index is 8.65. The normalized spacial score (nSPS) is 11.7. The molecule has 2 N–H and O–H groups in total. The standard InChI is InChI=1S/C26H55NO8/c1-2-3-4-5-6-7-8-9-10-27(11-15-30-19-23-34-25-21-32-17-13-28)12-16-31-20-24-35-26-22-33-18-14-29/h28-29H,2-26H2,1H3. The van der Waals surface area contributed by atoms with Gasteiger partial charge in [-0.15, -0.1) is 0 Å².